The second-order valence-electron chi connectivity index (χ2n) is 3.27. The molecule has 0 bridgehead atoms. The smallest absolute Gasteiger partial charge is 0.156 e. The van der Waals surface area contributed by atoms with E-state index in [2.05, 4.69) is 10.5 Å². The zero-order chi connectivity index (χ0) is 11.0. The molecule has 5 heteroatoms. The summed E-state index contributed by atoms with van der Waals surface area (Å²) in [7, 11) is 0. The largest absolute Gasteiger partial charge is 0.409 e. The van der Waals surface area contributed by atoms with Crippen LogP contribution in [-0.4, -0.2) is 34.8 Å². The molecule has 0 aromatic carbocycles. The summed E-state index contributed by atoms with van der Waals surface area (Å²) in [5, 5.41) is 23.5. The normalized spacial score (nSPS) is 16.6. The molecule has 0 fully saturated rings. The van der Waals surface area contributed by atoms with Crippen molar-refractivity contribution in [2.75, 3.05) is 6.61 Å². The number of aliphatic hydroxyl groups is 1. The number of aliphatic hydroxyl groups excluding tert-OH is 1. The van der Waals surface area contributed by atoms with E-state index in [0.717, 1.165) is 12.8 Å². The van der Waals surface area contributed by atoms with Gasteiger partial charge in [-0.15, -0.1) is 0 Å². The molecule has 14 heavy (non-hydrogen) atoms. The van der Waals surface area contributed by atoms with Gasteiger partial charge in [-0.2, -0.15) is 0 Å². The van der Waals surface area contributed by atoms with Gasteiger partial charge < -0.3 is 21.4 Å². The highest BCUT2D eigenvalue weighted by molar-refractivity contribution is 5.85. The zero-order valence-electron chi connectivity index (χ0n) is 8.90. The molecule has 2 unspecified atom stereocenters. The molecule has 0 aromatic heterocycles. The van der Waals surface area contributed by atoms with E-state index in [0.29, 0.717) is 6.42 Å². The van der Waals surface area contributed by atoms with E-state index in [1.807, 2.05) is 13.8 Å². The van der Waals surface area contributed by atoms with Gasteiger partial charge in [0, 0.05) is 12.6 Å². The summed E-state index contributed by atoms with van der Waals surface area (Å²) in [4.78, 5) is 0. The maximum atomic E-state index is 8.80. The lowest BCUT2D eigenvalue weighted by Gasteiger charge is -2.22. The first-order valence-corrected chi connectivity index (χ1v) is 5.03. The van der Waals surface area contributed by atoms with Crippen molar-refractivity contribution in [2.45, 2.75) is 45.2 Å². The number of amidine groups is 1. The van der Waals surface area contributed by atoms with Crippen LogP contribution in [0.3, 0.4) is 0 Å². The summed E-state index contributed by atoms with van der Waals surface area (Å²) in [6, 6.07) is 0.0988. The predicted octanol–water partition coefficient (Wildman–Crippen LogP) is 0.262. The number of hydrogen-bond acceptors (Lipinski definition) is 4. The van der Waals surface area contributed by atoms with Crippen LogP contribution in [-0.2, 0) is 0 Å². The quantitative estimate of drug-likeness (QED) is 0.207. The molecule has 84 valence electrons. The summed E-state index contributed by atoms with van der Waals surface area (Å²) >= 11 is 0. The number of nitrogens with zero attached hydrogens (tertiary/aromatic N) is 1. The van der Waals surface area contributed by atoms with Gasteiger partial charge in [-0.1, -0.05) is 19.0 Å². The molecule has 5 nitrogen and oxygen atoms in total. The molecule has 0 aliphatic rings. The summed E-state index contributed by atoms with van der Waals surface area (Å²) in [5.41, 5.74) is 5.50. The SMILES string of the molecule is CCC(CCO)NC(CC)C(N)=NO. The molecule has 0 heterocycles. The minimum atomic E-state index is -0.114. The Bertz CT molecular complexity index is 173. The van der Waals surface area contributed by atoms with Crippen LogP contribution >= 0.6 is 0 Å². The van der Waals surface area contributed by atoms with Gasteiger partial charge in [-0.25, -0.2) is 0 Å². The van der Waals surface area contributed by atoms with Crippen molar-refractivity contribution in [3.63, 3.8) is 0 Å². The Morgan fingerprint density at radius 2 is 2.07 bits per heavy atom. The van der Waals surface area contributed by atoms with Crippen LogP contribution in [0, 0.1) is 0 Å². The first kappa shape index (κ1) is 13.2. The number of nitrogens with two attached hydrogens (primary N) is 1. The van der Waals surface area contributed by atoms with Gasteiger partial charge in [0.05, 0.1) is 6.04 Å². The minimum Gasteiger partial charge on any atom is -0.409 e. The first-order valence-electron chi connectivity index (χ1n) is 5.03. The van der Waals surface area contributed by atoms with Crippen LogP contribution in [0.4, 0.5) is 0 Å². The molecule has 0 aliphatic carbocycles. The van der Waals surface area contributed by atoms with E-state index in [4.69, 9.17) is 16.0 Å². The van der Waals surface area contributed by atoms with Crippen LogP contribution in [0.5, 0.6) is 0 Å². The van der Waals surface area contributed by atoms with Crippen molar-refractivity contribution < 1.29 is 10.3 Å². The van der Waals surface area contributed by atoms with Gasteiger partial charge in [-0.3, -0.25) is 0 Å². The highest BCUT2D eigenvalue weighted by atomic mass is 16.4. The van der Waals surface area contributed by atoms with Gasteiger partial charge in [-0.05, 0) is 19.3 Å². The van der Waals surface area contributed by atoms with Crippen LogP contribution in [0.25, 0.3) is 0 Å². The van der Waals surface area contributed by atoms with Gasteiger partial charge >= 0.3 is 0 Å². The number of hydrogen-bond donors (Lipinski definition) is 4. The molecule has 0 amide bonds. The number of nitrogens with one attached hydrogen (secondary N) is 1. The molecule has 0 spiro atoms. The lowest BCUT2D eigenvalue weighted by molar-refractivity contribution is 0.258. The molecule has 0 saturated carbocycles. The van der Waals surface area contributed by atoms with E-state index in [-0.39, 0.29) is 24.5 Å². The second-order valence-corrected chi connectivity index (χ2v) is 3.27. The van der Waals surface area contributed by atoms with Crippen molar-refractivity contribution in [1.82, 2.24) is 5.32 Å². The maximum absolute atomic E-state index is 8.80. The minimum absolute atomic E-state index is 0.114. The van der Waals surface area contributed by atoms with Gasteiger partial charge in [0.2, 0.25) is 0 Å². The summed E-state index contributed by atoms with van der Waals surface area (Å²) < 4.78 is 0. The molecule has 0 radical (unpaired) electrons. The molecule has 2 atom stereocenters. The standard InChI is InChI=1S/C9H21N3O2/c1-3-7(5-6-13)11-8(4-2)9(10)12-14/h7-8,11,13-14H,3-6H2,1-2H3,(H2,10,12). The average Bonchev–Trinajstić information content (AvgIpc) is 2.23. The van der Waals surface area contributed by atoms with Crippen LogP contribution in [0.2, 0.25) is 0 Å². The van der Waals surface area contributed by atoms with E-state index in [9.17, 15) is 0 Å². The average molecular weight is 203 g/mol. The third-order valence-electron chi connectivity index (χ3n) is 2.29. The Kier molecular flexibility index (Phi) is 7.14. The predicted molar refractivity (Wildman–Crippen MR) is 56.4 cm³/mol. The number of rotatable bonds is 7. The highest BCUT2D eigenvalue weighted by Crippen LogP contribution is 2.01. The monoisotopic (exact) mass is 203 g/mol. The van der Waals surface area contributed by atoms with Crippen LogP contribution < -0.4 is 11.1 Å². The van der Waals surface area contributed by atoms with Gasteiger partial charge in [0.15, 0.2) is 5.84 Å². The molecule has 0 aliphatic heterocycles. The molecule has 0 saturated heterocycles. The molecular weight excluding hydrogens is 182 g/mol. The van der Waals surface area contributed by atoms with Crippen LogP contribution in [0.15, 0.2) is 5.16 Å². The Morgan fingerprint density at radius 1 is 1.43 bits per heavy atom. The third kappa shape index (κ3) is 4.43. The van der Waals surface area contributed by atoms with E-state index in [1.165, 1.54) is 0 Å². The Hall–Kier alpha value is -0.810. The van der Waals surface area contributed by atoms with E-state index in [1.54, 1.807) is 0 Å². The fraction of sp³-hybridized carbons (Fsp3) is 0.889. The molecular formula is C9H21N3O2. The fourth-order valence-electron chi connectivity index (χ4n) is 1.33. The molecule has 0 aromatic rings. The van der Waals surface area contributed by atoms with Crippen molar-refractivity contribution in [1.29, 1.82) is 0 Å². The molecule has 0 rings (SSSR count). The second kappa shape index (κ2) is 7.58. The fourth-order valence-corrected chi connectivity index (χ4v) is 1.33. The Balaban J connectivity index is 4.13. The van der Waals surface area contributed by atoms with E-state index < -0.39 is 0 Å². The Labute approximate surface area is 85.0 Å². The highest BCUT2D eigenvalue weighted by Gasteiger charge is 2.15. The maximum Gasteiger partial charge on any atom is 0.156 e. The van der Waals surface area contributed by atoms with E-state index >= 15 is 0 Å². The zero-order valence-corrected chi connectivity index (χ0v) is 8.90. The van der Waals surface area contributed by atoms with Gasteiger partial charge in [0.25, 0.3) is 0 Å². The lowest BCUT2D eigenvalue weighted by atomic mass is 10.1. The summed E-state index contributed by atoms with van der Waals surface area (Å²) in [6.07, 6.45) is 2.36. The lowest BCUT2D eigenvalue weighted by Crippen LogP contribution is -2.46. The third-order valence-corrected chi connectivity index (χ3v) is 2.29. The summed E-state index contributed by atoms with van der Waals surface area (Å²) in [5.74, 6) is 0.198. The Morgan fingerprint density at radius 3 is 2.43 bits per heavy atom. The van der Waals surface area contributed by atoms with Crippen LogP contribution in [0.1, 0.15) is 33.1 Å². The first-order chi connectivity index (χ1) is 6.69. The number of oxime groups is 1. The molecule has 5 N–H and O–H groups in total. The van der Waals surface area contributed by atoms with Crippen molar-refractivity contribution in [3.8, 4) is 0 Å². The summed E-state index contributed by atoms with van der Waals surface area (Å²) in [6.45, 7) is 4.14. The van der Waals surface area contributed by atoms with Gasteiger partial charge in [0.1, 0.15) is 0 Å². The van der Waals surface area contributed by atoms with Crippen molar-refractivity contribution in [2.24, 2.45) is 10.9 Å². The van der Waals surface area contributed by atoms with Crippen molar-refractivity contribution in [3.05, 3.63) is 0 Å². The topological polar surface area (TPSA) is 90.9 Å². The van der Waals surface area contributed by atoms with Crippen molar-refractivity contribution >= 4 is 5.84 Å².